The number of fused-ring (bicyclic) bond motifs is 1. The minimum absolute atomic E-state index is 0.0296. The van der Waals surface area contributed by atoms with Gasteiger partial charge in [-0.15, -0.1) is 0 Å². The highest BCUT2D eigenvalue weighted by molar-refractivity contribution is 6.76. The Morgan fingerprint density at radius 2 is 1.96 bits per heavy atom. The quantitative estimate of drug-likeness (QED) is 0.624. The normalized spacial score (nSPS) is 14.1. The van der Waals surface area contributed by atoms with E-state index in [0.29, 0.717) is 0 Å². The van der Waals surface area contributed by atoms with E-state index in [1.54, 1.807) is 0 Å². The summed E-state index contributed by atoms with van der Waals surface area (Å²) in [5, 5.41) is 1.11. The molecule has 5 nitrogen and oxygen atoms in total. The first-order chi connectivity index (χ1) is 12.1. The lowest BCUT2D eigenvalue weighted by molar-refractivity contribution is 0.0405. The van der Waals surface area contributed by atoms with Crippen LogP contribution in [-0.2, 0) is 10.2 Å². The molecule has 0 saturated carbocycles. The number of nitrogens with one attached hydrogen (secondary N) is 1. The monoisotopic (exact) mass is 370 g/mol. The number of nitrogens with zero attached hydrogens (tertiary/aromatic N) is 3. The molecule has 1 N–H and O–H groups in total. The van der Waals surface area contributed by atoms with E-state index < -0.39 is 8.07 Å². The summed E-state index contributed by atoms with van der Waals surface area (Å²) in [6.07, 6.45) is 5.52. The van der Waals surface area contributed by atoms with Crippen LogP contribution in [0.2, 0.25) is 25.7 Å². The molecule has 0 fully saturated rings. The Morgan fingerprint density at radius 1 is 1.19 bits per heavy atom. The van der Waals surface area contributed by atoms with Crippen molar-refractivity contribution in [2.75, 3.05) is 6.61 Å². The second-order valence-electron chi connectivity index (χ2n) is 9.11. The minimum Gasteiger partial charge on any atom is -0.352 e. The largest absolute Gasteiger partial charge is 0.352 e. The van der Waals surface area contributed by atoms with E-state index in [-0.39, 0.29) is 11.6 Å². The van der Waals surface area contributed by atoms with Crippen molar-refractivity contribution in [1.29, 1.82) is 0 Å². The third kappa shape index (κ3) is 4.24. The highest BCUT2D eigenvalue weighted by atomic mass is 28.3. The first-order valence-corrected chi connectivity index (χ1v) is 12.9. The Kier molecular flexibility index (Phi) is 5.08. The number of pyridine rings is 1. The number of aromatic amines is 1. The number of H-pyrrole nitrogens is 1. The minimum atomic E-state index is -1.16. The second kappa shape index (κ2) is 7.00. The van der Waals surface area contributed by atoms with Crippen LogP contribution in [0.15, 0.2) is 36.8 Å². The molecule has 3 aromatic rings. The fourth-order valence-corrected chi connectivity index (χ4v) is 3.54. The SMILES string of the molecule is CC(C)(C)c1ncc(C(OCC[Si](C)(C)C)n2ccc3cccnc32)[nH]1. The van der Waals surface area contributed by atoms with Gasteiger partial charge in [0.15, 0.2) is 6.23 Å². The maximum Gasteiger partial charge on any atom is 0.177 e. The molecule has 140 valence electrons. The molecule has 1 unspecified atom stereocenters. The Morgan fingerprint density at radius 3 is 2.62 bits per heavy atom. The zero-order valence-corrected chi connectivity index (χ0v) is 17.7. The van der Waals surface area contributed by atoms with Crippen molar-refractivity contribution in [3.8, 4) is 0 Å². The van der Waals surface area contributed by atoms with Gasteiger partial charge in [-0.05, 0) is 24.2 Å². The first kappa shape index (κ1) is 18.9. The van der Waals surface area contributed by atoms with Crippen molar-refractivity contribution in [1.82, 2.24) is 19.5 Å². The lowest BCUT2D eigenvalue weighted by Crippen LogP contribution is -2.24. The third-order valence-corrected chi connectivity index (χ3v) is 6.13. The number of imidazole rings is 1. The van der Waals surface area contributed by atoms with Crippen LogP contribution in [0.4, 0.5) is 0 Å². The van der Waals surface area contributed by atoms with Crippen LogP contribution in [0.5, 0.6) is 0 Å². The molecule has 3 aromatic heterocycles. The standard InChI is InChI=1S/C20H30N4OSi/c1-20(2,3)19-22-14-16(23-19)18(25-12-13-26(4,5)6)24-11-9-15-8-7-10-21-17(15)24/h7-11,14,18H,12-13H2,1-6H3,(H,22,23). The highest BCUT2D eigenvalue weighted by Crippen LogP contribution is 2.27. The van der Waals surface area contributed by atoms with Crippen molar-refractivity contribution in [3.05, 3.63) is 48.3 Å². The Labute approximate surface area is 156 Å². The summed E-state index contributed by atoms with van der Waals surface area (Å²) in [6, 6.07) is 7.24. The van der Waals surface area contributed by atoms with E-state index in [0.717, 1.165) is 35.2 Å². The van der Waals surface area contributed by atoms with Crippen LogP contribution in [0.3, 0.4) is 0 Å². The summed E-state index contributed by atoms with van der Waals surface area (Å²) >= 11 is 0. The molecule has 0 spiro atoms. The Bertz CT molecular complexity index is 870. The van der Waals surface area contributed by atoms with E-state index in [2.05, 4.69) is 78.3 Å². The van der Waals surface area contributed by atoms with Crippen molar-refractivity contribution >= 4 is 19.1 Å². The summed E-state index contributed by atoms with van der Waals surface area (Å²) < 4.78 is 8.47. The number of ether oxygens (including phenoxy) is 1. The summed E-state index contributed by atoms with van der Waals surface area (Å²) in [6.45, 7) is 14.3. The van der Waals surface area contributed by atoms with Gasteiger partial charge in [-0.3, -0.25) is 0 Å². The Hall–Kier alpha value is -1.92. The Balaban J connectivity index is 1.95. The number of hydrogen-bond acceptors (Lipinski definition) is 3. The van der Waals surface area contributed by atoms with E-state index in [1.165, 1.54) is 0 Å². The van der Waals surface area contributed by atoms with Gasteiger partial charge >= 0.3 is 0 Å². The molecule has 1 atom stereocenters. The smallest absolute Gasteiger partial charge is 0.177 e. The van der Waals surface area contributed by atoms with Gasteiger partial charge in [0.1, 0.15) is 11.5 Å². The van der Waals surface area contributed by atoms with Crippen LogP contribution >= 0.6 is 0 Å². The predicted molar refractivity (Wildman–Crippen MR) is 109 cm³/mol. The molecule has 26 heavy (non-hydrogen) atoms. The molecule has 0 aliphatic carbocycles. The lowest BCUT2D eigenvalue weighted by Gasteiger charge is -2.22. The molecular weight excluding hydrogens is 340 g/mol. The van der Waals surface area contributed by atoms with Gasteiger partial charge in [-0.2, -0.15) is 0 Å². The van der Waals surface area contributed by atoms with Gasteiger partial charge in [-0.1, -0.05) is 40.4 Å². The van der Waals surface area contributed by atoms with Gasteiger partial charge in [0.25, 0.3) is 0 Å². The van der Waals surface area contributed by atoms with Crippen molar-refractivity contribution in [2.45, 2.75) is 58.1 Å². The zero-order valence-electron chi connectivity index (χ0n) is 16.7. The average Bonchev–Trinajstić information content (AvgIpc) is 3.18. The molecular formula is C20H30N4OSi. The second-order valence-corrected chi connectivity index (χ2v) is 14.7. The molecule has 0 saturated heterocycles. The summed E-state index contributed by atoms with van der Waals surface area (Å²) in [7, 11) is -1.16. The molecule has 6 heteroatoms. The predicted octanol–water partition coefficient (Wildman–Crippen LogP) is 4.96. The number of aromatic nitrogens is 4. The van der Waals surface area contributed by atoms with Crippen LogP contribution in [0, 0.1) is 0 Å². The van der Waals surface area contributed by atoms with Crippen LogP contribution in [0.1, 0.15) is 38.5 Å². The topological polar surface area (TPSA) is 55.7 Å². The molecule has 0 aromatic carbocycles. The van der Waals surface area contributed by atoms with Gasteiger partial charge in [0, 0.05) is 37.9 Å². The van der Waals surface area contributed by atoms with Gasteiger partial charge in [0.2, 0.25) is 0 Å². The number of hydrogen-bond donors (Lipinski definition) is 1. The molecule has 0 amide bonds. The lowest BCUT2D eigenvalue weighted by atomic mass is 9.96. The number of rotatable bonds is 6. The summed E-state index contributed by atoms with van der Waals surface area (Å²) in [4.78, 5) is 12.6. The van der Waals surface area contributed by atoms with Crippen LogP contribution < -0.4 is 0 Å². The molecule has 0 aliphatic heterocycles. The maximum absolute atomic E-state index is 6.37. The fraction of sp³-hybridized carbons (Fsp3) is 0.500. The fourth-order valence-electron chi connectivity index (χ4n) is 2.81. The van der Waals surface area contributed by atoms with Crippen molar-refractivity contribution in [3.63, 3.8) is 0 Å². The zero-order chi connectivity index (χ0) is 18.9. The summed E-state index contributed by atoms with van der Waals surface area (Å²) in [5.41, 5.74) is 1.86. The van der Waals surface area contributed by atoms with Crippen LogP contribution in [-0.4, -0.2) is 34.2 Å². The van der Waals surface area contributed by atoms with Crippen LogP contribution in [0.25, 0.3) is 11.0 Å². The molecule has 0 bridgehead atoms. The van der Waals surface area contributed by atoms with Crippen molar-refractivity contribution in [2.24, 2.45) is 0 Å². The molecule has 3 heterocycles. The third-order valence-electron chi connectivity index (χ3n) is 4.43. The van der Waals surface area contributed by atoms with Gasteiger partial charge in [0.05, 0.1) is 11.9 Å². The highest BCUT2D eigenvalue weighted by Gasteiger charge is 2.24. The first-order valence-electron chi connectivity index (χ1n) is 9.24. The average molecular weight is 371 g/mol. The summed E-state index contributed by atoms with van der Waals surface area (Å²) in [5.74, 6) is 0.968. The van der Waals surface area contributed by atoms with E-state index in [1.807, 2.05) is 18.5 Å². The van der Waals surface area contributed by atoms with E-state index in [9.17, 15) is 0 Å². The maximum atomic E-state index is 6.37. The molecule has 0 radical (unpaired) electrons. The van der Waals surface area contributed by atoms with Crippen molar-refractivity contribution < 1.29 is 4.74 Å². The van der Waals surface area contributed by atoms with Gasteiger partial charge in [-0.25, -0.2) is 9.97 Å². The molecule has 3 rings (SSSR count). The van der Waals surface area contributed by atoms with E-state index in [4.69, 9.17) is 4.74 Å². The molecule has 0 aliphatic rings. The van der Waals surface area contributed by atoms with E-state index >= 15 is 0 Å². The van der Waals surface area contributed by atoms with Gasteiger partial charge < -0.3 is 14.3 Å².